The molecular weight excluding hydrogens is 156 g/mol. The Morgan fingerprint density at radius 3 is 2.54 bits per heavy atom. The van der Waals surface area contributed by atoms with Gasteiger partial charge in [0.25, 0.3) is 0 Å². The highest BCUT2D eigenvalue weighted by Crippen LogP contribution is 2.55. The van der Waals surface area contributed by atoms with Crippen LogP contribution in [0.2, 0.25) is 0 Å². The van der Waals surface area contributed by atoms with E-state index in [9.17, 15) is 0 Å². The van der Waals surface area contributed by atoms with Crippen molar-refractivity contribution >= 4 is 0 Å². The standard InChI is InChI=1S/C12H14.CH4/c1-2-6-11-10(4-1)5-3-7-12(11)8-9-12;/h1-2,4,6H,3,5,7-9H2;1H4. The SMILES string of the molecule is C.c1ccc2c(c1)CCCC21CC1. The summed E-state index contributed by atoms with van der Waals surface area (Å²) in [6.45, 7) is 0. The fraction of sp³-hybridized carbons (Fsp3) is 0.538. The van der Waals surface area contributed by atoms with E-state index < -0.39 is 0 Å². The van der Waals surface area contributed by atoms with Gasteiger partial charge < -0.3 is 0 Å². The van der Waals surface area contributed by atoms with Crippen molar-refractivity contribution < 1.29 is 0 Å². The van der Waals surface area contributed by atoms with Crippen molar-refractivity contribution in [3.8, 4) is 0 Å². The van der Waals surface area contributed by atoms with Crippen LogP contribution in [0.3, 0.4) is 0 Å². The van der Waals surface area contributed by atoms with Crippen molar-refractivity contribution in [2.24, 2.45) is 0 Å². The predicted molar refractivity (Wildman–Crippen MR) is 57.0 cm³/mol. The Balaban J connectivity index is 0.000000653. The molecule has 0 saturated heterocycles. The second-order valence-corrected chi connectivity index (χ2v) is 4.29. The van der Waals surface area contributed by atoms with E-state index in [1.165, 1.54) is 32.1 Å². The molecule has 1 aromatic carbocycles. The molecule has 2 aliphatic rings. The Bertz CT molecular complexity index is 308. The molecular formula is C13H18. The summed E-state index contributed by atoms with van der Waals surface area (Å²) in [5, 5.41) is 0. The maximum atomic E-state index is 2.35. The van der Waals surface area contributed by atoms with Crippen molar-refractivity contribution in [3.63, 3.8) is 0 Å². The van der Waals surface area contributed by atoms with Gasteiger partial charge in [0, 0.05) is 0 Å². The molecule has 0 amide bonds. The van der Waals surface area contributed by atoms with E-state index >= 15 is 0 Å². The number of aryl methyl sites for hydroxylation is 1. The number of hydrogen-bond donors (Lipinski definition) is 0. The number of fused-ring (bicyclic) bond motifs is 2. The van der Waals surface area contributed by atoms with Crippen LogP contribution in [0.25, 0.3) is 0 Å². The molecule has 0 bridgehead atoms. The minimum absolute atomic E-state index is 0. The molecule has 1 fully saturated rings. The zero-order valence-electron chi connectivity index (χ0n) is 7.34. The maximum absolute atomic E-state index is 2.35. The molecule has 0 atom stereocenters. The quantitative estimate of drug-likeness (QED) is 0.562. The molecule has 2 aliphatic carbocycles. The van der Waals surface area contributed by atoms with Gasteiger partial charge >= 0.3 is 0 Å². The van der Waals surface area contributed by atoms with Crippen LogP contribution >= 0.6 is 0 Å². The van der Waals surface area contributed by atoms with Crippen LogP contribution in [0.15, 0.2) is 24.3 Å². The van der Waals surface area contributed by atoms with Crippen LogP contribution in [0, 0.1) is 0 Å². The lowest BCUT2D eigenvalue weighted by molar-refractivity contribution is 0.542. The first kappa shape index (κ1) is 8.80. The lowest BCUT2D eigenvalue weighted by Crippen LogP contribution is -2.15. The van der Waals surface area contributed by atoms with Gasteiger partial charge in [0.2, 0.25) is 0 Å². The molecule has 0 N–H and O–H groups in total. The first-order chi connectivity index (χ1) is 5.91. The molecule has 0 nitrogen and oxygen atoms in total. The Morgan fingerprint density at radius 1 is 1.00 bits per heavy atom. The molecule has 0 aromatic heterocycles. The number of rotatable bonds is 0. The first-order valence-corrected chi connectivity index (χ1v) is 4.99. The van der Waals surface area contributed by atoms with Crippen LogP contribution < -0.4 is 0 Å². The molecule has 1 spiro atoms. The molecule has 1 aromatic rings. The summed E-state index contributed by atoms with van der Waals surface area (Å²) >= 11 is 0. The minimum Gasteiger partial charge on any atom is -0.0776 e. The molecule has 0 radical (unpaired) electrons. The highest BCUT2D eigenvalue weighted by Gasteiger charge is 2.46. The maximum Gasteiger partial charge on any atom is -0.00435 e. The zero-order valence-corrected chi connectivity index (χ0v) is 7.34. The summed E-state index contributed by atoms with van der Waals surface area (Å²) in [7, 11) is 0. The van der Waals surface area contributed by atoms with E-state index in [-0.39, 0.29) is 7.43 Å². The summed E-state index contributed by atoms with van der Waals surface area (Å²) in [5.74, 6) is 0. The summed E-state index contributed by atoms with van der Waals surface area (Å²) < 4.78 is 0. The van der Waals surface area contributed by atoms with Gasteiger partial charge in [-0.3, -0.25) is 0 Å². The van der Waals surface area contributed by atoms with E-state index in [1.54, 1.807) is 11.1 Å². The molecule has 3 rings (SSSR count). The second-order valence-electron chi connectivity index (χ2n) is 4.29. The van der Waals surface area contributed by atoms with Gasteiger partial charge in [0.1, 0.15) is 0 Å². The second kappa shape index (κ2) is 2.87. The van der Waals surface area contributed by atoms with Gasteiger partial charge in [-0.05, 0) is 48.6 Å². The first-order valence-electron chi connectivity index (χ1n) is 4.99. The van der Waals surface area contributed by atoms with E-state index in [0.717, 1.165) is 0 Å². The lowest BCUT2D eigenvalue weighted by atomic mass is 9.80. The summed E-state index contributed by atoms with van der Waals surface area (Å²) in [5.41, 5.74) is 3.96. The average molecular weight is 174 g/mol. The van der Waals surface area contributed by atoms with Crippen molar-refractivity contribution in [2.45, 2.75) is 44.9 Å². The van der Waals surface area contributed by atoms with Crippen molar-refractivity contribution in [1.82, 2.24) is 0 Å². The van der Waals surface area contributed by atoms with Gasteiger partial charge in [-0.15, -0.1) is 0 Å². The van der Waals surface area contributed by atoms with E-state index in [1.807, 2.05) is 0 Å². The molecule has 0 unspecified atom stereocenters. The van der Waals surface area contributed by atoms with E-state index in [2.05, 4.69) is 24.3 Å². The Labute approximate surface area is 81.0 Å². The Kier molecular flexibility index (Phi) is 1.94. The zero-order chi connectivity index (χ0) is 8.02. The monoisotopic (exact) mass is 174 g/mol. The smallest absolute Gasteiger partial charge is 0.00435 e. The van der Waals surface area contributed by atoms with Crippen molar-refractivity contribution in [3.05, 3.63) is 35.4 Å². The van der Waals surface area contributed by atoms with Crippen LogP contribution in [0.5, 0.6) is 0 Å². The van der Waals surface area contributed by atoms with Gasteiger partial charge in [-0.2, -0.15) is 0 Å². The number of hydrogen-bond acceptors (Lipinski definition) is 0. The largest absolute Gasteiger partial charge is 0.0776 e. The van der Waals surface area contributed by atoms with Crippen LogP contribution in [-0.4, -0.2) is 0 Å². The molecule has 70 valence electrons. The molecule has 0 heterocycles. The van der Waals surface area contributed by atoms with Crippen LogP contribution in [0.1, 0.15) is 44.2 Å². The number of benzene rings is 1. The summed E-state index contributed by atoms with van der Waals surface area (Å²) in [4.78, 5) is 0. The summed E-state index contributed by atoms with van der Waals surface area (Å²) in [6, 6.07) is 9.04. The fourth-order valence-electron chi connectivity index (χ4n) is 2.68. The molecule has 0 heteroatoms. The summed E-state index contributed by atoms with van der Waals surface area (Å²) in [6.07, 6.45) is 7.08. The lowest BCUT2D eigenvalue weighted by Gasteiger charge is -2.24. The van der Waals surface area contributed by atoms with E-state index in [0.29, 0.717) is 5.41 Å². The van der Waals surface area contributed by atoms with Crippen LogP contribution in [0.4, 0.5) is 0 Å². The third-order valence-corrected chi connectivity index (χ3v) is 3.54. The predicted octanol–water partition coefficient (Wildman–Crippen LogP) is 3.69. The highest BCUT2D eigenvalue weighted by atomic mass is 14.5. The molecule has 13 heavy (non-hydrogen) atoms. The normalized spacial score (nSPS) is 21.8. The topological polar surface area (TPSA) is 0 Å². The van der Waals surface area contributed by atoms with Gasteiger partial charge in [-0.25, -0.2) is 0 Å². The van der Waals surface area contributed by atoms with E-state index in [4.69, 9.17) is 0 Å². The molecule has 1 saturated carbocycles. The van der Waals surface area contributed by atoms with Gasteiger partial charge in [0.15, 0.2) is 0 Å². The molecule has 0 aliphatic heterocycles. The Morgan fingerprint density at radius 2 is 1.77 bits per heavy atom. The van der Waals surface area contributed by atoms with Gasteiger partial charge in [-0.1, -0.05) is 31.7 Å². The van der Waals surface area contributed by atoms with Crippen molar-refractivity contribution in [2.75, 3.05) is 0 Å². The minimum atomic E-state index is 0. The highest BCUT2D eigenvalue weighted by molar-refractivity contribution is 5.40. The van der Waals surface area contributed by atoms with Gasteiger partial charge in [0.05, 0.1) is 0 Å². The Hall–Kier alpha value is -0.780. The third-order valence-electron chi connectivity index (χ3n) is 3.54. The average Bonchev–Trinajstić information content (AvgIpc) is 2.87. The fourth-order valence-corrected chi connectivity index (χ4v) is 2.68. The van der Waals surface area contributed by atoms with Crippen LogP contribution in [-0.2, 0) is 11.8 Å². The van der Waals surface area contributed by atoms with Crippen molar-refractivity contribution in [1.29, 1.82) is 0 Å². The third kappa shape index (κ3) is 1.20.